The van der Waals surface area contributed by atoms with E-state index in [-0.39, 0.29) is 82.8 Å². The van der Waals surface area contributed by atoms with Crippen molar-refractivity contribution in [2.45, 2.75) is 115 Å². The van der Waals surface area contributed by atoms with E-state index in [4.69, 9.17) is 49.5 Å². The number of halogens is 1. The van der Waals surface area contributed by atoms with Gasteiger partial charge in [0.05, 0.1) is 37.1 Å². The number of nitrogen functional groups attached to an aromatic ring is 2. The van der Waals surface area contributed by atoms with Crippen molar-refractivity contribution in [3.8, 4) is 0 Å². The maximum absolute atomic E-state index is 13.1. The Balaban J connectivity index is 0.000000656. The molecule has 2 saturated heterocycles. The van der Waals surface area contributed by atoms with Crippen LogP contribution in [0.4, 0.5) is 19.9 Å². The zero-order valence-corrected chi connectivity index (χ0v) is 51.0. The molecule has 0 saturated carbocycles. The lowest BCUT2D eigenvalue weighted by atomic mass is 10.0. The van der Waals surface area contributed by atoms with Gasteiger partial charge in [-0.1, -0.05) is 32.1 Å². The smallest absolute Gasteiger partial charge is 0.511 e. The molecule has 4 aliphatic rings. The van der Waals surface area contributed by atoms with Gasteiger partial charge in [-0.2, -0.15) is 0 Å². The van der Waals surface area contributed by atoms with Crippen LogP contribution in [-0.2, 0) is 76.3 Å². The lowest BCUT2D eigenvalue weighted by molar-refractivity contribution is -0.301. The molecule has 0 bridgehead atoms. The molecule has 82 heavy (non-hydrogen) atoms. The predicted molar refractivity (Wildman–Crippen MR) is 313 cm³/mol. The van der Waals surface area contributed by atoms with Gasteiger partial charge in [-0.25, -0.2) is 24.4 Å². The Labute approximate surface area is 505 Å². The quantitative estimate of drug-likeness (QED) is 0.0203. The van der Waals surface area contributed by atoms with Crippen LogP contribution in [0.2, 0.25) is 0 Å². The molecule has 29 nitrogen and oxygen atoms in total. The molecule has 0 aromatic carbocycles. The van der Waals surface area contributed by atoms with Gasteiger partial charge in [0.25, 0.3) is 23.6 Å². The summed E-state index contributed by atoms with van der Waals surface area (Å²) in [6, 6.07) is -1.88. The van der Waals surface area contributed by atoms with Gasteiger partial charge in [0.1, 0.15) is 54.1 Å². The summed E-state index contributed by atoms with van der Waals surface area (Å²) in [6.07, 6.45) is -2.29. The van der Waals surface area contributed by atoms with Crippen LogP contribution in [0.5, 0.6) is 0 Å². The number of carbonyl (C=O) groups excluding carboxylic acids is 8. The fourth-order valence-corrected chi connectivity index (χ4v) is 10.8. The van der Waals surface area contributed by atoms with E-state index in [2.05, 4.69) is 47.4 Å². The predicted octanol–water partition coefficient (Wildman–Crippen LogP) is 3.60. The fraction of sp³-hybridized carbons (Fsp3) is 0.583. The number of thioether (sulfide) groups is 2. The Bertz CT molecular complexity index is 2620. The Hall–Kier alpha value is -6.05. The van der Waals surface area contributed by atoms with E-state index in [0.717, 1.165) is 40.6 Å². The van der Waals surface area contributed by atoms with E-state index < -0.39 is 83.1 Å². The summed E-state index contributed by atoms with van der Waals surface area (Å²) in [7, 11) is 7.13. The number of β-lactam (4-membered cyclic amide) rings is 2. The number of nitrogens with one attached hydrogen (secondary N) is 2. The number of carboxylic acids is 1. The van der Waals surface area contributed by atoms with Crippen molar-refractivity contribution in [1.29, 1.82) is 0 Å². The number of fused-ring (bicyclic) bond motifs is 2. The van der Waals surface area contributed by atoms with Gasteiger partial charge in [0.2, 0.25) is 6.29 Å². The van der Waals surface area contributed by atoms with Gasteiger partial charge in [0, 0.05) is 57.1 Å². The topological polar surface area (TPSA) is 385 Å². The normalized spacial score (nSPS) is 18.6. The van der Waals surface area contributed by atoms with Crippen LogP contribution < -0.4 is 27.2 Å². The van der Waals surface area contributed by atoms with Crippen LogP contribution in [0, 0.1) is 0 Å². The molecule has 6 N–H and O–H groups in total. The first kappa shape index (κ1) is 74.0. The van der Waals surface area contributed by atoms with Crippen molar-refractivity contribution in [2.75, 3.05) is 78.3 Å². The van der Waals surface area contributed by atoms with Crippen LogP contribution in [-0.4, -0.2) is 191 Å². The van der Waals surface area contributed by atoms with Crippen LogP contribution >= 0.6 is 68.8 Å². The van der Waals surface area contributed by atoms with E-state index in [1.54, 1.807) is 41.7 Å². The van der Waals surface area contributed by atoms with Crippen LogP contribution in [0.15, 0.2) is 43.6 Å². The molecule has 2 fully saturated rings. The molecular formula is C48H72IN10O19S4-. The standard InChI is InChI=1S/C21H27N5O9S2.C15H17N5O6S2.C6H11IO3.C4H10O.2CH4/c1-9(2)33-21(30)35-10(3)34-19(29)15-11(6-31-4)7-36-18-14(17(28)26(15)18)24-16(27)13(25-32-5)12-8-37-20(22)23-12;1-25-3-6-4-27-13-9(12(22)20(13)10(6)14(23)24)18-11(21)8(19-26-2)7-5-28-15(16)17-7;1-4(2)9-6(8)10-5(3)7;1-3-4-5-2;;/h8-10,14,18H,6-7H2,1-5H3,(H2,22,23)(H,24,27);5,9,13H,3-4H2,1-2H3,(H2,16,17)(H,18,21)(H,23,24);4-5H,1-3H3;3-4H2,1-2H3;2*1H4/p-1/b25-13-;19-8-;;;;. The number of carbonyl (C=O) groups is 8. The molecule has 0 spiro atoms. The second kappa shape index (κ2) is 36.5. The number of nitrogens with zero attached hydrogens (tertiary/aromatic N) is 6. The molecule has 6 unspecified atom stereocenters. The Morgan fingerprint density at radius 1 is 0.683 bits per heavy atom. The molecule has 6 heterocycles. The van der Waals surface area contributed by atoms with Gasteiger partial charge in [-0.3, -0.25) is 29.0 Å². The van der Waals surface area contributed by atoms with Crippen molar-refractivity contribution >= 4 is 138 Å². The highest BCUT2D eigenvalue weighted by molar-refractivity contribution is 14.1. The summed E-state index contributed by atoms with van der Waals surface area (Å²) >= 11 is 6.87. The van der Waals surface area contributed by atoms with Crippen LogP contribution in [0.25, 0.3) is 0 Å². The van der Waals surface area contributed by atoms with Crippen molar-refractivity contribution in [2.24, 2.45) is 10.3 Å². The summed E-state index contributed by atoms with van der Waals surface area (Å²) < 4.78 is 39.2. The summed E-state index contributed by atoms with van der Waals surface area (Å²) in [6.45, 7) is 13.0. The third kappa shape index (κ3) is 21.3. The number of thiazole rings is 2. The molecule has 4 amide bonds. The van der Waals surface area contributed by atoms with E-state index in [1.807, 2.05) is 22.6 Å². The number of esters is 1. The maximum atomic E-state index is 13.1. The molecule has 2 aromatic heterocycles. The Morgan fingerprint density at radius 3 is 1.43 bits per heavy atom. The summed E-state index contributed by atoms with van der Waals surface area (Å²) in [4.78, 5) is 118. The minimum Gasteiger partial charge on any atom is -0.543 e. The monoisotopic (exact) mass is 1350 g/mol. The van der Waals surface area contributed by atoms with E-state index in [0.29, 0.717) is 22.7 Å². The average Bonchev–Trinajstić information content (AvgIpc) is 2.37. The summed E-state index contributed by atoms with van der Waals surface area (Å²) in [5.41, 5.74) is 12.0. The average molecular weight is 1350 g/mol. The summed E-state index contributed by atoms with van der Waals surface area (Å²) in [5, 5.41) is 26.4. The Morgan fingerprint density at radius 2 is 1.10 bits per heavy atom. The maximum Gasteiger partial charge on any atom is 0.511 e. The second-order valence-electron chi connectivity index (χ2n) is 16.7. The lowest BCUT2D eigenvalue weighted by Crippen LogP contribution is -2.71. The molecular weight excluding hydrogens is 1280 g/mol. The number of aliphatic carboxylic acids is 1. The molecule has 4 aliphatic heterocycles. The van der Waals surface area contributed by atoms with E-state index in [9.17, 15) is 43.5 Å². The number of oxime groups is 2. The third-order valence-corrected chi connectivity index (χ3v) is 14.2. The fourth-order valence-electron chi connectivity index (χ4n) is 6.86. The molecule has 0 radical (unpaired) electrons. The zero-order valence-electron chi connectivity index (χ0n) is 45.6. The highest BCUT2D eigenvalue weighted by Crippen LogP contribution is 2.42. The van der Waals surface area contributed by atoms with Gasteiger partial charge < -0.3 is 79.6 Å². The number of methoxy groups -OCH3 is 3. The Kier molecular flexibility index (Phi) is 32.9. The molecule has 6 rings (SSSR count). The number of rotatable bonds is 21. The van der Waals surface area contributed by atoms with Crippen LogP contribution in [0.1, 0.15) is 81.1 Å². The number of alkyl halides is 1. The first-order chi connectivity index (χ1) is 37.9. The number of ether oxygens (including phenoxy) is 8. The minimum atomic E-state index is -1.46. The number of hydrogen-bond acceptors (Lipinski definition) is 29. The summed E-state index contributed by atoms with van der Waals surface area (Å²) in [5.74, 6) is -4.19. The number of carboxylic acid groups (broad SMARTS) is 1. The van der Waals surface area contributed by atoms with Crippen molar-refractivity contribution in [1.82, 2.24) is 30.4 Å². The number of anilines is 2. The van der Waals surface area contributed by atoms with Crippen molar-refractivity contribution in [3.05, 3.63) is 44.7 Å². The first-order valence-electron chi connectivity index (χ1n) is 23.8. The van der Waals surface area contributed by atoms with Gasteiger partial charge >= 0.3 is 18.3 Å². The van der Waals surface area contributed by atoms with Crippen molar-refractivity contribution < 1.29 is 91.0 Å². The minimum absolute atomic E-state index is 0. The molecule has 0 aliphatic carbocycles. The molecule has 2 aromatic rings. The SMILES string of the molecule is C.C.CC(C)OC(=O)OC(C)I.CCCOC.COCC1=C(C(=O)OC(C)OC(=O)OC(C)C)N2C(=O)C(NC(=O)/C(=N\OC)c3csc(N)n3)C2SC1.COCC1=C(C(=O)[O-])N2C(=O)C(NC(=O)/C(=N\OC)c3csc(N)n3)C2SC1. The van der Waals surface area contributed by atoms with E-state index >= 15 is 0 Å². The second-order valence-corrected chi connectivity index (χ2v) is 22.5. The lowest BCUT2D eigenvalue weighted by Gasteiger charge is -2.50. The third-order valence-electron chi connectivity index (χ3n) is 9.88. The number of aromatic nitrogens is 2. The highest BCUT2D eigenvalue weighted by Gasteiger charge is 2.55. The molecule has 6 atom stereocenters. The van der Waals surface area contributed by atoms with Gasteiger partial charge in [-0.05, 0) is 74.8 Å². The molecule has 34 heteroatoms. The van der Waals surface area contributed by atoms with Gasteiger partial charge in [-0.15, -0.1) is 46.2 Å². The number of hydrogen-bond donors (Lipinski definition) is 4. The zero-order chi connectivity index (χ0) is 60.0. The number of nitrogens with two attached hydrogens (primary N) is 2. The van der Waals surface area contributed by atoms with Crippen LogP contribution in [0.3, 0.4) is 0 Å². The largest absolute Gasteiger partial charge is 0.543 e. The first-order valence-corrected chi connectivity index (χ1v) is 28.9. The highest BCUT2D eigenvalue weighted by atomic mass is 127. The molecule has 460 valence electrons. The van der Waals surface area contributed by atoms with E-state index in [1.165, 1.54) is 74.5 Å². The number of amides is 4. The van der Waals surface area contributed by atoms with Crippen molar-refractivity contribution in [3.63, 3.8) is 0 Å². The van der Waals surface area contributed by atoms with Gasteiger partial charge in [0.15, 0.2) is 25.8 Å².